The number of aromatic nitrogens is 3. The summed E-state index contributed by atoms with van der Waals surface area (Å²) in [5, 5.41) is 11.1. The molecule has 0 fully saturated rings. The van der Waals surface area contributed by atoms with E-state index in [2.05, 4.69) is 29.4 Å². The summed E-state index contributed by atoms with van der Waals surface area (Å²) in [6.45, 7) is 8.92. The minimum atomic E-state index is -0.244. The van der Waals surface area contributed by atoms with Crippen molar-refractivity contribution < 1.29 is 18.8 Å². The largest absolute Gasteiger partial charge is 0.493 e. The number of amides is 1. The second kappa shape index (κ2) is 8.81. The molecule has 3 rings (SSSR count). The predicted octanol–water partition coefficient (Wildman–Crippen LogP) is 3.98. The number of nitrogens with one attached hydrogen (secondary N) is 1. The molecule has 8 heteroatoms. The van der Waals surface area contributed by atoms with E-state index < -0.39 is 0 Å². The number of benzene rings is 1. The molecule has 0 aliphatic carbocycles. The first-order chi connectivity index (χ1) is 13.9. The molecule has 0 aliphatic rings. The van der Waals surface area contributed by atoms with Crippen molar-refractivity contribution in [1.82, 2.24) is 14.9 Å². The molecule has 1 amide bonds. The molecule has 0 aliphatic heterocycles. The summed E-state index contributed by atoms with van der Waals surface area (Å²) in [6.07, 6.45) is 1.67. The zero-order valence-electron chi connectivity index (χ0n) is 17.4. The third-order valence-electron chi connectivity index (χ3n) is 4.48. The highest BCUT2D eigenvalue weighted by Crippen LogP contribution is 2.30. The first kappa shape index (κ1) is 20.4. The Morgan fingerprint density at radius 3 is 2.69 bits per heavy atom. The fourth-order valence-electron chi connectivity index (χ4n) is 2.90. The molecule has 2 heterocycles. The van der Waals surface area contributed by atoms with E-state index in [4.69, 9.17) is 14.0 Å². The number of rotatable bonds is 8. The normalized spacial score (nSPS) is 11.0. The molecule has 3 aromatic rings. The summed E-state index contributed by atoms with van der Waals surface area (Å²) in [6, 6.07) is 6.85. The van der Waals surface area contributed by atoms with E-state index in [0.29, 0.717) is 35.4 Å². The van der Waals surface area contributed by atoms with Crippen molar-refractivity contribution in [2.45, 2.75) is 40.8 Å². The molecule has 2 aromatic heterocycles. The van der Waals surface area contributed by atoms with Crippen molar-refractivity contribution in [3.63, 3.8) is 0 Å². The Balaban J connectivity index is 1.72. The maximum Gasteiger partial charge on any atom is 0.256 e. The van der Waals surface area contributed by atoms with Crippen LogP contribution in [-0.2, 0) is 13.2 Å². The van der Waals surface area contributed by atoms with E-state index in [1.807, 2.05) is 13.8 Å². The van der Waals surface area contributed by atoms with Crippen LogP contribution in [0.15, 0.2) is 35.0 Å². The lowest BCUT2D eigenvalue weighted by molar-refractivity contribution is 0.102. The van der Waals surface area contributed by atoms with Crippen molar-refractivity contribution in [2.75, 3.05) is 12.4 Å². The smallest absolute Gasteiger partial charge is 0.256 e. The molecule has 1 N–H and O–H groups in total. The molecule has 1 aromatic carbocycles. The number of carbonyl (C=O) groups is 1. The van der Waals surface area contributed by atoms with Crippen molar-refractivity contribution in [2.24, 2.45) is 5.92 Å². The first-order valence-corrected chi connectivity index (χ1v) is 9.44. The molecule has 0 radical (unpaired) electrons. The van der Waals surface area contributed by atoms with Gasteiger partial charge < -0.3 is 19.3 Å². The van der Waals surface area contributed by atoms with Crippen molar-refractivity contribution in [1.29, 1.82) is 0 Å². The quantitative estimate of drug-likeness (QED) is 0.617. The average molecular weight is 398 g/mol. The van der Waals surface area contributed by atoms with E-state index in [-0.39, 0.29) is 5.91 Å². The maximum atomic E-state index is 12.7. The first-order valence-electron chi connectivity index (χ1n) is 9.44. The number of hydrogen-bond donors (Lipinski definition) is 1. The standard InChI is InChI=1S/C21H26N4O4/c1-13(2)11-25-20(8-9-22-25)23-21(26)16-6-7-18(19(10-16)27-5)28-12-17-14(3)24-29-15(17)4/h6-10,13H,11-12H2,1-5H3,(H,23,26). The van der Waals surface area contributed by atoms with Gasteiger partial charge in [-0.05, 0) is 38.0 Å². The van der Waals surface area contributed by atoms with Gasteiger partial charge in [0.25, 0.3) is 5.91 Å². The van der Waals surface area contributed by atoms with Gasteiger partial charge in [-0.2, -0.15) is 5.10 Å². The fourth-order valence-corrected chi connectivity index (χ4v) is 2.90. The number of aryl methyl sites for hydroxylation is 2. The highest BCUT2D eigenvalue weighted by atomic mass is 16.5. The van der Waals surface area contributed by atoms with Gasteiger partial charge in [-0.25, -0.2) is 4.68 Å². The third kappa shape index (κ3) is 4.77. The average Bonchev–Trinajstić information content (AvgIpc) is 3.25. The topological polar surface area (TPSA) is 91.4 Å². The van der Waals surface area contributed by atoms with Crippen molar-refractivity contribution >= 4 is 11.7 Å². The number of hydrogen-bond acceptors (Lipinski definition) is 6. The van der Waals surface area contributed by atoms with Gasteiger partial charge in [-0.15, -0.1) is 0 Å². The zero-order chi connectivity index (χ0) is 21.0. The monoisotopic (exact) mass is 398 g/mol. The molecule has 0 saturated heterocycles. The van der Waals surface area contributed by atoms with Crippen molar-refractivity contribution in [3.05, 3.63) is 53.0 Å². The van der Waals surface area contributed by atoms with Gasteiger partial charge in [0.2, 0.25) is 0 Å². The Bertz CT molecular complexity index is 971. The lowest BCUT2D eigenvalue weighted by Gasteiger charge is -2.13. The van der Waals surface area contributed by atoms with Gasteiger partial charge in [0.1, 0.15) is 18.2 Å². The van der Waals surface area contributed by atoms with Gasteiger partial charge in [0.15, 0.2) is 11.5 Å². The lowest BCUT2D eigenvalue weighted by Crippen LogP contribution is -2.17. The van der Waals surface area contributed by atoms with Crippen LogP contribution >= 0.6 is 0 Å². The summed E-state index contributed by atoms with van der Waals surface area (Å²) in [5.74, 6) is 2.55. The molecular formula is C21H26N4O4. The van der Waals surface area contributed by atoms with Gasteiger partial charge in [-0.1, -0.05) is 19.0 Å². The van der Waals surface area contributed by atoms with Gasteiger partial charge in [0, 0.05) is 18.2 Å². The lowest BCUT2D eigenvalue weighted by atomic mass is 10.2. The van der Waals surface area contributed by atoms with E-state index in [1.165, 1.54) is 7.11 Å². The van der Waals surface area contributed by atoms with E-state index in [0.717, 1.165) is 23.6 Å². The molecule has 0 spiro atoms. The SMILES string of the molecule is COc1cc(C(=O)Nc2ccnn2CC(C)C)ccc1OCc1c(C)noc1C. The van der Waals surface area contributed by atoms with E-state index >= 15 is 0 Å². The number of methoxy groups -OCH3 is 1. The Morgan fingerprint density at radius 1 is 1.24 bits per heavy atom. The molecule has 0 saturated carbocycles. The molecule has 8 nitrogen and oxygen atoms in total. The highest BCUT2D eigenvalue weighted by molar-refractivity contribution is 6.04. The summed E-state index contributed by atoms with van der Waals surface area (Å²) >= 11 is 0. The van der Waals surface area contributed by atoms with Crippen LogP contribution in [0.3, 0.4) is 0 Å². The fraction of sp³-hybridized carbons (Fsp3) is 0.381. The van der Waals surface area contributed by atoms with E-state index in [9.17, 15) is 4.79 Å². The minimum Gasteiger partial charge on any atom is -0.493 e. The Morgan fingerprint density at radius 2 is 2.03 bits per heavy atom. The second-order valence-corrected chi connectivity index (χ2v) is 7.20. The van der Waals surface area contributed by atoms with Gasteiger partial charge in [-0.3, -0.25) is 4.79 Å². The van der Waals surface area contributed by atoms with E-state index in [1.54, 1.807) is 35.1 Å². The van der Waals surface area contributed by atoms with Crippen LogP contribution in [-0.4, -0.2) is 28.0 Å². The van der Waals surface area contributed by atoms with Crippen LogP contribution in [0.2, 0.25) is 0 Å². The minimum absolute atomic E-state index is 0.244. The Labute approximate surface area is 169 Å². The predicted molar refractivity (Wildman–Crippen MR) is 108 cm³/mol. The molecule has 0 atom stereocenters. The van der Waals surface area contributed by atoms with Gasteiger partial charge >= 0.3 is 0 Å². The molecular weight excluding hydrogens is 372 g/mol. The Kier molecular flexibility index (Phi) is 6.21. The van der Waals surface area contributed by atoms with Crippen LogP contribution in [0.4, 0.5) is 5.82 Å². The molecule has 154 valence electrons. The highest BCUT2D eigenvalue weighted by Gasteiger charge is 2.15. The third-order valence-corrected chi connectivity index (χ3v) is 4.48. The summed E-state index contributed by atoms with van der Waals surface area (Å²) in [4.78, 5) is 12.7. The Hall–Kier alpha value is -3.29. The molecule has 0 bridgehead atoms. The zero-order valence-corrected chi connectivity index (χ0v) is 17.4. The van der Waals surface area contributed by atoms with Gasteiger partial charge in [0.05, 0.1) is 24.6 Å². The van der Waals surface area contributed by atoms with Crippen molar-refractivity contribution in [3.8, 4) is 11.5 Å². The van der Waals surface area contributed by atoms with Crippen LogP contribution in [0.1, 0.15) is 41.2 Å². The second-order valence-electron chi connectivity index (χ2n) is 7.20. The number of anilines is 1. The molecule has 0 unspecified atom stereocenters. The van der Waals surface area contributed by atoms with Crippen LogP contribution in [0.25, 0.3) is 0 Å². The number of nitrogens with zero attached hydrogens (tertiary/aromatic N) is 3. The summed E-state index contributed by atoms with van der Waals surface area (Å²) in [7, 11) is 1.54. The van der Waals surface area contributed by atoms with Crippen LogP contribution < -0.4 is 14.8 Å². The van der Waals surface area contributed by atoms with Crippen LogP contribution in [0.5, 0.6) is 11.5 Å². The number of ether oxygens (including phenoxy) is 2. The maximum absolute atomic E-state index is 12.7. The summed E-state index contributed by atoms with van der Waals surface area (Å²) < 4.78 is 18.2. The summed E-state index contributed by atoms with van der Waals surface area (Å²) in [5.41, 5.74) is 2.14. The van der Waals surface area contributed by atoms with Crippen LogP contribution in [0, 0.1) is 19.8 Å². The number of carbonyl (C=O) groups excluding carboxylic acids is 1. The molecule has 29 heavy (non-hydrogen) atoms.